The van der Waals surface area contributed by atoms with Crippen LogP contribution in [-0.2, 0) is 54.4 Å². The molecule has 88 heavy (non-hydrogen) atoms. The third kappa shape index (κ3) is 16.3. The lowest BCUT2D eigenvalue weighted by molar-refractivity contribution is -0.130. The number of aryl methyl sites for hydroxylation is 2. The first kappa shape index (κ1) is 67.1. The lowest BCUT2D eigenvalue weighted by Crippen LogP contribution is -2.43. The number of hydrogen-bond acceptors (Lipinski definition) is 14. The summed E-state index contributed by atoms with van der Waals surface area (Å²) in [6, 6.07) is 19.0. The van der Waals surface area contributed by atoms with E-state index in [1.165, 1.54) is 8.61 Å². The van der Waals surface area contributed by atoms with Gasteiger partial charge in [0.05, 0.1) is 73.2 Å². The summed E-state index contributed by atoms with van der Waals surface area (Å²) in [6.07, 6.45) is 2.22. The maximum Gasteiger partial charge on any atom is 0.314 e. The third-order valence-electron chi connectivity index (χ3n) is 16.2. The fraction of sp³-hybridized carbons (Fsp3) is 0.500. The number of benzene rings is 4. The average molecular weight is 1290 g/mol. The van der Waals surface area contributed by atoms with E-state index in [0.29, 0.717) is 120 Å². The lowest BCUT2D eigenvalue weighted by atomic mass is 10.0. The number of urea groups is 2. The molecule has 8 atom stereocenters. The van der Waals surface area contributed by atoms with Gasteiger partial charge in [-0.25, -0.2) is 18.0 Å². The zero-order valence-electron chi connectivity index (χ0n) is 50.1. The Kier molecular flexibility index (Phi) is 23.7. The number of halogens is 2. The molecule has 2 aliphatic carbocycles. The Morgan fingerprint density at radius 1 is 0.614 bits per heavy atom. The highest BCUT2D eigenvalue weighted by Gasteiger charge is 2.43. The summed E-state index contributed by atoms with van der Waals surface area (Å²) in [5, 5.41) is 31.4. The minimum absolute atomic E-state index is 0.0691. The number of rotatable bonds is 29. The zero-order valence-corrected chi connectivity index (χ0v) is 53.2. The first-order chi connectivity index (χ1) is 42.2. The Balaban J connectivity index is 0.652. The van der Waals surface area contributed by atoms with Crippen molar-refractivity contribution in [1.82, 2.24) is 40.9 Å². The van der Waals surface area contributed by atoms with E-state index in [1.807, 2.05) is 64.0 Å². The highest BCUT2D eigenvalue weighted by Crippen LogP contribution is 2.44. The van der Waals surface area contributed by atoms with Crippen LogP contribution < -0.4 is 39.4 Å². The predicted molar refractivity (Wildman–Crippen MR) is 334 cm³/mol. The van der Waals surface area contributed by atoms with Crippen LogP contribution in [0.3, 0.4) is 0 Å². The number of anilines is 2. The first-order valence-electron chi connectivity index (χ1n) is 29.1. The molecule has 0 bridgehead atoms. The van der Waals surface area contributed by atoms with Crippen LogP contribution in [0.5, 0.6) is 11.5 Å². The van der Waals surface area contributed by atoms with E-state index in [2.05, 4.69) is 33.4 Å². The number of ether oxygens (including phenoxy) is 4. The van der Waals surface area contributed by atoms with Gasteiger partial charge in [-0.3, -0.25) is 27.3 Å². The number of nitrogens with zero attached hydrogens (tertiary/aromatic N) is 8. The van der Waals surface area contributed by atoms with Crippen LogP contribution in [0.25, 0.3) is 0 Å². The molecular weight excluding hydrogens is 1220 g/mol. The molecule has 0 spiro atoms. The number of nitriles is 2. The fourth-order valence-corrected chi connectivity index (χ4v) is 13.6. The van der Waals surface area contributed by atoms with Gasteiger partial charge in [0.2, 0.25) is 11.8 Å². The van der Waals surface area contributed by atoms with Gasteiger partial charge in [0.25, 0.3) is 22.5 Å². The standard InChI is InChI=1S/C60H76Cl2N12O12S2/c1-37-27-43(9-11-53(37)85-55-47-31-41(61)29-39(35-63)45(47)33-51(55)69(3)4)73(87(79)80)49-13-19-71(57(49)75)21-25-83-23-17-67-59(77)65-15-7-8-16-66-60(78)68-18-24-84-26-22-72-20-14-50(58(72)76)74(88(81)82)44-10-12-54(38(2)28-44)86-56-48-32-42(62)30-40(36-64)46(48)34-52(56)70(5)6/h9-12,27-32,49-52,55-56H,7-8,13-26,33-34H2,1-6H3,(H,79,80)(H,81,82)(H2,65,67,77)(H2,66,68,78)/t49-,50-,51-,52-,55-,56-/m0/s1. The van der Waals surface area contributed by atoms with E-state index in [9.17, 15) is 47.2 Å². The van der Waals surface area contributed by atoms with Crippen molar-refractivity contribution < 1.29 is 55.6 Å². The molecular formula is C60H76Cl2N12O12S2. The molecule has 6 N–H and O–H groups in total. The van der Waals surface area contributed by atoms with Crippen LogP contribution in [0.15, 0.2) is 60.7 Å². The van der Waals surface area contributed by atoms with Crippen LogP contribution in [0.4, 0.5) is 21.0 Å². The van der Waals surface area contributed by atoms with Crippen molar-refractivity contribution >= 4 is 81.0 Å². The molecule has 0 aromatic heterocycles. The molecule has 8 rings (SSSR count). The van der Waals surface area contributed by atoms with Crippen molar-refractivity contribution in [3.05, 3.63) is 115 Å². The fourth-order valence-electron chi connectivity index (χ4n) is 11.7. The predicted octanol–water partition coefficient (Wildman–Crippen LogP) is 5.77. The second-order valence-corrected chi connectivity index (χ2v) is 25.0. The highest BCUT2D eigenvalue weighted by atomic mass is 35.5. The van der Waals surface area contributed by atoms with E-state index in [-0.39, 0.29) is 88.6 Å². The van der Waals surface area contributed by atoms with Crippen LogP contribution in [0.1, 0.15) is 82.4 Å². The number of nitrogens with one attached hydrogen (secondary N) is 4. The molecule has 2 fully saturated rings. The number of unbranched alkanes of at least 4 members (excludes halogenated alkanes) is 1. The van der Waals surface area contributed by atoms with Crippen LogP contribution in [-0.4, -0.2) is 192 Å². The molecule has 4 aliphatic rings. The monoisotopic (exact) mass is 1290 g/mol. The average Bonchev–Trinajstić information content (AvgIpc) is 1.79. The number of carbonyl (C=O) groups is 4. The number of amides is 6. The van der Waals surface area contributed by atoms with Crippen molar-refractivity contribution in [3.8, 4) is 23.6 Å². The quantitative estimate of drug-likeness (QED) is 0.0278. The molecule has 28 heteroatoms. The molecule has 2 saturated heterocycles. The number of hydrogen-bond donors (Lipinski definition) is 6. The summed E-state index contributed by atoms with van der Waals surface area (Å²) in [5.41, 5.74) is 6.64. The number of fused-ring (bicyclic) bond motifs is 2. The van der Waals surface area contributed by atoms with Gasteiger partial charge in [0.1, 0.15) is 35.8 Å². The van der Waals surface area contributed by atoms with Crippen molar-refractivity contribution in [2.24, 2.45) is 0 Å². The molecule has 2 heterocycles. The summed E-state index contributed by atoms with van der Waals surface area (Å²) in [4.78, 5) is 59.1. The number of likely N-dealkylation sites (tertiary alicyclic amines) is 2. The van der Waals surface area contributed by atoms with E-state index < -0.39 is 46.8 Å². The topological polar surface area (TPSA) is 295 Å². The number of carbonyl (C=O) groups excluding carboxylic acids is 4. The van der Waals surface area contributed by atoms with Crippen LogP contribution >= 0.6 is 23.2 Å². The maximum absolute atomic E-state index is 13.6. The van der Waals surface area contributed by atoms with Crippen molar-refractivity contribution in [2.75, 3.05) is 116 Å². The molecule has 2 unspecified atom stereocenters. The van der Waals surface area contributed by atoms with Gasteiger partial charge in [0.15, 0.2) is 0 Å². The third-order valence-corrected chi connectivity index (χ3v) is 18.3. The van der Waals surface area contributed by atoms with Gasteiger partial charge in [-0.15, -0.1) is 0 Å². The SMILES string of the molecule is Cc1cc(N([C@H]2CCN(CCOCCNC(=O)NCCCCNC(=O)NCCOCCN3CC[C@H](N(c4ccc(O[C@H]5c6cc(Cl)cc(C#N)c6C[C@@H]5N(C)C)c(C)c4)S(=O)O)C3=O)C2=O)S(=O)O)ccc1O[C@H]1c2cc(Cl)cc(C#N)c2C[C@@H]1N(C)C. The van der Waals surface area contributed by atoms with Gasteiger partial charge in [-0.05, 0) is 175 Å². The summed E-state index contributed by atoms with van der Waals surface area (Å²) in [6.45, 7) is 6.86. The molecule has 0 saturated carbocycles. The molecule has 24 nitrogen and oxygen atoms in total. The van der Waals surface area contributed by atoms with Crippen LogP contribution in [0.2, 0.25) is 10.0 Å². The summed E-state index contributed by atoms with van der Waals surface area (Å²) >= 11 is 7.76. The Bertz CT molecular complexity index is 3120. The molecule has 2 aliphatic heterocycles. The van der Waals surface area contributed by atoms with Crippen molar-refractivity contribution in [3.63, 3.8) is 0 Å². The summed E-state index contributed by atoms with van der Waals surface area (Å²) in [5.74, 6) is 0.485. The van der Waals surface area contributed by atoms with Gasteiger partial charge in [-0.1, -0.05) is 23.2 Å². The molecule has 0 radical (unpaired) electrons. The Labute approximate surface area is 528 Å². The minimum Gasteiger partial charge on any atom is -0.484 e. The van der Waals surface area contributed by atoms with Gasteiger partial charge < -0.3 is 59.8 Å². The minimum atomic E-state index is -2.51. The first-order valence-corrected chi connectivity index (χ1v) is 32.0. The second kappa shape index (κ2) is 31.1. The second-order valence-electron chi connectivity index (χ2n) is 22.4. The largest absolute Gasteiger partial charge is 0.484 e. The van der Waals surface area contributed by atoms with Crippen molar-refractivity contribution in [2.45, 2.75) is 88.7 Å². The maximum atomic E-state index is 13.6. The Hall–Kier alpha value is -6.82. The van der Waals surface area contributed by atoms with Crippen molar-refractivity contribution in [1.29, 1.82) is 10.5 Å². The van der Waals surface area contributed by atoms with E-state index in [1.54, 1.807) is 58.3 Å². The Morgan fingerprint density at radius 2 is 1.00 bits per heavy atom. The van der Waals surface area contributed by atoms with Crippen LogP contribution in [0, 0.1) is 36.5 Å². The Morgan fingerprint density at radius 3 is 1.35 bits per heavy atom. The molecule has 6 amide bonds. The summed E-state index contributed by atoms with van der Waals surface area (Å²) < 4.78 is 73.4. The van der Waals surface area contributed by atoms with E-state index in [4.69, 9.17) is 42.1 Å². The molecule has 4 aromatic carbocycles. The van der Waals surface area contributed by atoms with Gasteiger partial charge in [-0.2, -0.15) is 10.5 Å². The highest BCUT2D eigenvalue weighted by molar-refractivity contribution is 7.81. The smallest absolute Gasteiger partial charge is 0.314 e. The molecule has 474 valence electrons. The van der Waals surface area contributed by atoms with Gasteiger partial charge in [0, 0.05) is 62.4 Å². The van der Waals surface area contributed by atoms with Gasteiger partial charge >= 0.3 is 12.1 Å². The zero-order chi connectivity index (χ0) is 63.3. The number of likely N-dealkylation sites (N-methyl/N-ethyl adjacent to an activating group) is 2. The normalized spacial score (nSPS) is 20.1. The van der Waals surface area contributed by atoms with E-state index >= 15 is 0 Å². The molecule has 4 aromatic rings. The van der Waals surface area contributed by atoms with E-state index in [0.717, 1.165) is 22.3 Å². The lowest BCUT2D eigenvalue weighted by Gasteiger charge is -2.29. The summed E-state index contributed by atoms with van der Waals surface area (Å²) in [7, 11) is 7.80.